The van der Waals surface area contributed by atoms with Crippen LogP contribution in [-0.2, 0) is 4.79 Å². The highest BCUT2D eigenvalue weighted by Crippen LogP contribution is 2.36. The predicted molar refractivity (Wildman–Crippen MR) is 67.3 cm³/mol. The molecule has 6 heteroatoms. The van der Waals surface area contributed by atoms with E-state index in [1.807, 2.05) is 12.1 Å². The molecule has 0 aromatic heterocycles. The van der Waals surface area contributed by atoms with Crippen molar-refractivity contribution in [3.63, 3.8) is 0 Å². The summed E-state index contributed by atoms with van der Waals surface area (Å²) in [5, 5.41) is 8.46. The second-order valence-electron chi connectivity index (χ2n) is 2.69. The van der Waals surface area contributed by atoms with E-state index < -0.39 is 5.97 Å². The van der Waals surface area contributed by atoms with Crippen molar-refractivity contribution in [2.24, 2.45) is 0 Å². The lowest BCUT2D eigenvalue weighted by Gasteiger charge is -2.09. The molecule has 0 aliphatic rings. The van der Waals surface area contributed by atoms with Gasteiger partial charge < -0.3 is 9.84 Å². The van der Waals surface area contributed by atoms with E-state index in [0.717, 1.165) is 13.4 Å². The van der Waals surface area contributed by atoms with E-state index in [0.29, 0.717) is 5.75 Å². The maximum absolute atomic E-state index is 10.3. The van der Waals surface area contributed by atoms with Gasteiger partial charge in [0.2, 0.25) is 0 Å². The van der Waals surface area contributed by atoms with Crippen molar-refractivity contribution in [2.75, 3.05) is 6.61 Å². The summed E-state index contributed by atoms with van der Waals surface area (Å²) < 4.78 is 7.79. The summed E-state index contributed by atoms with van der Waals surface area (Å²) >= 11 is 9.99. The van der Waals surface area contributed by atoms with Gasteiger partial charge in [-0.25, -0.2) is 0 Å². The third-order valence-corrected chi connectivity index (χ3v) is 3.16. The molecule has 0 saturated carbocycles. The number of carboxylic acids is 1. The Morgan fingerprint density at radius 1 is 1.27 bits per heavy atom. The quantitative estimate of drug-likeness (QED) is 0.832. The Bertz CT molecular complexity index is 356. The van der Waals surface area contributed by atoms with E-state index in [2.05, 4.69) is 47.8 Å². The summed E-state index contributed by atoms with van der Waals surface area (Å²) in [4.78, 5) is 10.3. The average Bonchev–Trinajstić information content (AvgIpc) is 2.08. The van der Waals surface area contributed by atoms with Crippen LogP contribution >= 0.6 is 47.8 Å². The minimum atomic E-state index is -0.876. The maximum atomic E-state index is 10.3. The first-order valence-corrected chi connectivity index (χ1v) is 6.37. The van der Waals surface area contributed by atoms with Crippen molar-refractivity contribution >= 4 is 53.8 Å². The Hall–Kier alpha value is -0.0700. The molecule has 0 bridgehead atoms. The molecule has 0 heterocycles. The Balaban J connectivity index is 2.72. The predicted octanol–water partition coefficient (Wildman–Crippen LogP) is 3.83. The highest BCUT2D eigenvalue weighted by Gasteiger charge is 2.08. The van der Waals surface area contributed by atoms with E-state index in [1.54, 1.807) is 0 Å². The molecule has 15 heavy (non-hydrogen) atoms. The second kappa shape index (κ2) is 5.86. The van der Waals surface area contributed by atoms with Crippen LogP contribution in [0.15, 0.2) is 25.6 Å². The van der Waals surface area contributed by atoms with Gasteiger partial charge in [0, 0.05) is 4.47 Å². The molecule has 0 saturated heterocycles. The van der Waals surface area contributed by atoms with Gasteiger partial charge in [-0.2, -0.15) is 0 Å². The molecule has 0 fully saturated rings. The van der Waals surface area contributed by atoms with Crippen LogP contribution in [0, 0.1) is 0 Å². The van der Waals surface area contributed by atoms with Gasteiger partial charge in [-0.15, -0.1) is 0 Å². The zero-order chi connectivity index (χ0) is 11.4. The van der Waals surface area contributed by atoms with Crippen molar-refractivity contribution < 1.29 is 14.6 Å². The number of hydrogen-bond donors (Lipinski definition) is 1. The summed E-state index contributed by atoms with van der Waals surface area (Å²) in [5.41, 5.74) is 0. The van der Waals surface area contributed by atoms with Crippen LogP contribution in [0.3, 0.4) is 0 Å². The first kappa shape index (κ1) is 13.0. The SMILES string of the molecule is O=C(O)CCOc1c(Br)cc(Br)cc1Br. The molecule has 1 N–H and O–H groups in total. The van der Waals surface area contributed by atoms with E-state index in [1.165, 1.54) is 0 Å². The normalized spacial score (nSPS) is 10.1. The van der Waals surface area contributed by atoms with Gasteiger partial charge >= 0.3 is 5.97 Å². The van der Waals surface area contributed by atoms with Crippen LogP contribution in [-0.4, -0.2) is 17.7 Å². The van der Waals surface area contributed by atoms with Crippen LogP contribution in [0.4, 0.5) is 0 Å². The summed E-state index contributed by atoms with van der Waals surface area (Å²) in [6, 6.07) is 3.67. The van der Waals surface area contributed by atoms with Gasteiger partial charge in [0.25, 0.3) is 0 Å². The summed E-state index contributed by atoms with van der Waals surface area (Å²) in [6.07, 6.45) is -0.0189. The zero-order valence-corrected chi connectivity index (χ0v) is 12.2. The Morgan fingerprint density at radius 3 is 2.27 bits per heavy atom. The van der Waals surface area contributed by atoms with Crippen molar-refractivity contribution in [1.82, 2.24) is 0 Å². The fourth-order valence-corrected chi connectivity index (χ4v) is 3.39. The minimum Gasteiger partial charge on any atom is -0.491 e. The number of halogens is 3. The maximum Gasteiger partial charge on any atom is 0.306 e. The van der Waals surface area contributed by atoms with Gasteiger partial charge in [0.1, 0.15) is 5.75 Å². The van der Waals surface area contributed by atoms with Gasteiger partial charge in [0.05, 0.1) is 22.0 Å². The standard InChI is InChI=1S/C9H7Br3O3/c10-5-3-6(11)9(7(12)4-5)15-2-1-8(13)14/h3-4H,1-2H2,(H,13,14). The van der Waals surface area contributed by atoms with Crippen LogP contribution in [0.2, 0.25) is 0 Å². The molecule has 0 aliphatic heterocycles. The lowest BCUT2D eigenvalue weighted by Crippen LogP contribution is -2.05. The minimum absolute atomic E-state index is 0.0189. The van der Waals surface area contributed by atoms with Crippen LogP contribution < -0.4 is 4.74 Å². The molecular formula is C9H7Br3O3. The fraction of sp³-hybridized carbons (Fsp3) is 0.222. The summed E-state index contributed by atoms with van der Waals surface area (Å²) in [7, 11) is 0. The molecule has 1 aromatic carbocycles. The third-order valence-electron chi connectivity index (χ3n) is 1.53. The molecule has 3 nitrogen and oxygen atoms in total. The molecule has 1 aromatic rings. The Labute approximate surface area is 112 Å². The van der Waals surface area contributed by atoms with Gasteiger partial charge in [-0.3, -0.25) is 4.79 Å². The largest absolute Gasteiger partial charge is 0.491 e. The van der Waals surface area contributed by atoms with Gasteiger partial charge in [0.15, 0.2) is 0 Å². The smallest absolute Gasteiger partial charge is 0.306 e. The van der Waals surface area contributed by atoms with Crippen molar-refractivity contribution in [1.29, 1.82) is 0 Å². The lowest BCUT2D eigenvalue weighted by molar-refractivity contribution is -0.137. The van der Waals surface area contributed by atoms with Crippen LogP contribution in [0.5, 0.6) is 5.75 Å². The first-order valence-electron chi connectivity index (χ1n) is 4.00. The number of ether oxygens (including phenoxy) is 1. The average molecular weight is 403 g/mol. The lowest BCUT2D eigenvalue weighted by atomic mass is 10.3. The first-order chi connectivity index (χ1) is 7.00. The van der Waals surface area contributed by atoms with Gasteiger partial charge in [-0.1, -0.05) is 15.9 Å². The topological polar surface area (TPSA) is 46.5 Å². The number of aliphatic carboxylic acids is 1. The molecule has 0 aliphatic carbocycles. The molecule has 0 amide bonds. The highest BCUT2D eigenvalue weighted by molar-refractivity contribution is 9.11. The second-order valence-corrected chi connectivity index (χ2v) is 5.32. The number of hydrogen-bond acceptors (Lipinski definition) is 2. The third kappa shape index (κ3) is 4.12. The van der Waals surface area contributed by atoms with E-state index in [9.17, 15) is 4.79 Å². The van der Waals surface area contributed by atoms with Crippen LogP contribution in [0.1, 0.15) is 6.42 Å². The van der Waals surface area contributed by atoms with Gasteiger partial charge in [-0.05, 0) is 44.0 Å². The molecular weight excluding hydrogens is 396 g/mol. The van der Waals surface area contributed by atoms with Crippen molar-refractivity contribution in [3.8, 4) is 5.75 Å². The van der Waals surface area contributed by atoms with E-state index >= 15 is 0 Å². The molecule has 0 spiro atoms. The van der Waals surface area contributed by atoms with E-state index in [-0.39, 0.29) is 13.0 Å². The fourth-order valence-electron chi connectivity index (χ4n) is 0.907. The Morgan fingerprint density at radius 2 is 1.80 bits per heavy atom. The van der Waals surface area contributed by atoms with Crippen molar-refractivity contribution in [2.45, 2.75) is 6.42 Å². The number of carbonyl (C=O) groups is 1. The number of rotatable bonds is 4. The number of carboxylic acid groups (broad SMARTS) is 1. The molecule has 0 radical (unpaired) electrons. The highest BCUT2D eigenvalue weighted by atomic mass is 79.9. The molecule has 82 valence electrons. The van der Waals surface area contributed by atoms with E-state index in [4.69, 9.17) is 9.84 Å². The van der Waals surface area contributed by atoms with Crippen molar-refractivity contribution in [3.05, 3.63) is 25.6 Å². The van der Waals surface area contributed by atoms with Crippen LogP contribution in [0.25, 0.3) is 0 Å². The zero-order valence-electron chi connectivity index (χ0n) is 7.47. The number of benzene rings is 1. The Kier molecular flexibility index (Phi) is 5.08. The summed E-state index contributed by atoms with van der Waals surface area (Å²) in [5.74, 6) is -0.265. The molecule has 0 atom stereocenters. The molecule has 0 unspecified atom stereocenters. The summed E-state index contributed by atoms with van der Waals surface area (Å²) in [6.45, 7) is 0.147. The molecule has 1 rings (SSSR count). The monoisotopic (exact) mass is 400 g/mol.